The van der Waals surface area contributed by atoms with Crippen LogP contribution in [0, 0.1) is 5.41 Å². The Morgan fingerprint density at radius 3 is 2.14 bits per heavy atom. The topological polar surface area (TPSA) is 31.2 Å². The van der Waals surface area contributed by atoms with Crippen molar-refractivity contribution in [3.63, 3.8) is 0 Å². The van der Waals surface area contributed by atoms with Crippen molar-refractivity contribution in [1.82, 2.24) is 5.32 Å². The van der Waals surface area contributed by atoms with Crippen molar-refractivity contribution in [3.05, 3.63) is 0 Å². The molecule has 0 aromatic rings. The summed E-state index contributed by atoms with van der Waals surface area (Å²) < 4.78 is 0. The fourth-order valence-corrected chi connectivity index (χ4v) is 0.460. The highest BCUT2D eigenvalue weighted by atomic mass is 16.2. The van der Waals surface area contributed by atoms with Crippen molar-refractivity contribution < 1.29 is 4.79 Å². The third-order valence-electron chi connectivity index (χ3n) is 1.20. The van der Waals surface area contributed by atoms with Crippen LogP contribution in [0.25, 0.3) is 0 Å². The van der Waals surface area contributed by atoms with E-state index in [1.165, 1.54) is 0 Å². The summed E-state index contributed by atoms with van der Waals surface area (Å²) in [5, 5.41) is 3.58. The lowest BCUT2D eigenvalue weighted by Gasteiger charge is -2.30. The molecule has 0 bridgehead atoms. The standard InChI is InChI=1S/C5H8NO/c1-5(2)3-6-4(5)7/h3H2,1-2H3. The molecule has 0 aliphatic carbocycles. The summed E-state index contributed by atoms with van der Waals surface area (Å²) in [6.07, 6.45) is 0. The van der Waals surface area contributed by atoms with E-state index in [0.29, 0.717) is 6.54 Å². The van der Waals surface area contributed by atoms with Crippen molar-refractivity contribution in [1.29, 1.82) is 0 Å². The van der Waals surface area contributed by atoms with Crippen molar-refractivity contribution >= 4 is 5.91 Å². The molecule has 0 atom stereocenters. The van der Waals surface area contributed by atoms with Crippen LogP contribution in [0.4, 0.5) is 0 Å². The van der Waals surface area contributed by atoms with Crippen LogP contribution in [0.2, 0.25) is 0 Å². The molecule has 2 nitrogen and oxygen atoms in total. The number of carbonyl (C=O) groups excluding carboxylic acids is 1. The third kappa shape index (κ3) is 0.501. The van der Waals surface area contributed by atoms with Crippen LogP contribution in [0.3, 0.4) is 0 Å². The fourth-order valence-electron chi connectivity index (χ4n) is 0.460. The van der Waals surface area contributed by atoms with Gasteiger partial charge >= 0.3 is 0 Å². The zero-order valence-electron chi connectivity index (χ0n) is 4.56. The normalized spacial score (nSPS) is 25.7. The molecule has 0 unspecified atom stereocenters. The van der Waals surface area contributed by atoms with Gasteiger partial charge in [0.1, 0.15) is 0 Å². The molecule has 1 amide bonds. The van der Waals surface area contributed by atoms with Gasteiger partial charge in [0.15, 0.2) is 0 Å². The van der Waals surface area contributed by atoms with Crippen LogP contribution in [-0.2, 0) is 4.79 Å². The molecule has 1 fully saturated rings. The minimum Gasteiger partial charge on any atom is -0.272 e. The molecule has 1 heterocycles. The molecule has 1 rings (SSSR count). The van der Waals surface area contributed by atoms with E-state index in [1.807, 2.05) is 13.8 Å². The Balaban J connectivity index is 2.59. The van der Waals surface area contributed by atoms with E-state index < -0.39 is 0 Å². The molecular weight excluding hydrogens is 90.1 g/mol. The molecule has 1 radical (unpaired) electrons. The molecule has 1 saturated heterocycles. The van der Waals surface area contributed by atoms with Crippen LogP contribution < -0.4 is 5.32 Å². The number of nitrogens with zero attached hydrogens (tertiary/aromatic N) is 1. The molecule has 2 heteroatoms. The van der Waals surface area contributed by atoms with E-state index >= 15 is 0 Å². The second kappa shape index (κ2) is 0.997. The number of amides is 1. The zero-order chi connectivity index (χ0) is 5.49. The highest BCUT2D eigenvalue weighted by Crippen LogP contribution is 2.22. The predicted octanol–water partition coefficient (Wildman–Crippen LogP) is 0.157. The summed E-state index contributed by atoms with van der Waals surface area (Å²) in [6, 6.07) is 0. The minimum absolute atomic E-state index is 0.0486. The second-order valence-electron chi connectivity index (χ2n) is 2.51. The Bertz CT molecular complexity index is 107. The first-order valence-corrected chi connectivity index (χ1v) is 2.35. The minimum atomic E-state index is -0.125. The smallest absolute Gasteiger partial charge is 0.248 e. The molecular formula is C5H8NO. The summed E-state index contributed by atoms with van der Waals surface area (Å²) >= 11 is 0. The van der Waals surface area contributed by atoms with Crippen molar-refractivity contribution in [3.8, 4) is 0 Å². The molecule has 1 aliphatic heterocycles. The lowest BCUT2D eigenvalue weighted by molar-refractivity contribution is -0.137. The third-order valence-corrected chi connectivity index (χ3v) is 1.20. The summed E-state index contributed by atoms with van der Waals surface area (Å²) in [6.45, 7) is 4.52. The molecule has 0 N–H and O–H groups in total. The van der Waals surface area contributed by atoms with E-state index in [9.17, 15) is 4.79 Å². The van der Waals surface area contributed by atoms with Crippen LogP contribution in [-0.4, -0.2) is 12.5 Å². The van der Waals surface area contributed by atoms with Crippen molar-refractivity contribution in [2.75, 3.05) is 6.54 Å². The monoisotopic (exact) mass is 98.1 g/mol. The predicted molar refractivity (Wildman–Crippen MR) is 25.8 cm³/mol. The first kappa shape index (κ1) is 4.62. The highest BCUT2D eigenvalue weighted by Gasteiger charge is 2.38. The van der Waals surface area contributed by atoms with Gasteiger partial charge in [-0.2, -0.15) is 0 Å². The lowest BCUT2D eigenvalue weighted by atomic mass is 9.86. The maximum atomic E-state index is 10.4. The summed E-state index contributed by atoms with van der Waals surface area (Å²) in [4.78, 5) is 10.4. The van der Waals surface area contributed by atoms with Crippen molar-refractivity contribution in [2.24, 2.45) is 5.41 Å². The Morgan fingerprint density at radius 1 is 1.71 bits per heavy atom. The van der Waals surface area contributed by atoms with E-state index in [2.05, 4.69) is 5.32 Å². The summed E-state index contributed by atoms with van der Waals surface area (Å²) in [5.74, 6) is 0.0486. The molecule has 0 aromatic heterocycles. The van der Waals surface area contributed by atoms with Gasteiger partial charge in [0.2, 0.25) is 5.91 Å². The molecule has 39 valence electrons. The number of β-lactam (4-membered cyclic amide) rings is 1. The maximum Gasteiger partial charge on any atom is 0.248 e. The number of rotatable bonds is 0. The van der Waals surface area contributed by atoms with Crippen molar-refractivity contribution in [2.45, 2.75) is 13.8 Å². The summed E-state index contributed by atoms with van der Waals surface area (Å²) in [7, 11) is 0. The molecule has 7 heavy (non-hydrogen) atoms. The van der Waals surface area contributed by atoms with Gasteiger partial charge in [0.05, 0.1) is 12.0 Å². The van der Waals surface area contributed by atoms with Crippen LogP contribution in [0.1, 0.15) is 13.8 Å². The Kier molecular flexibility index (Phi) is 0.659. The first-order valence-electron chi connectivity index (χ1n) is 2.35. The fraction of sp³-hybridized carbons (Fsp3) is 0.800. The summed E-state index contributed by atoms with van der Waals surface area (Å²) in [5.41, 5.74) is -0.125. The van der Waals surface area contributed by atoms with Gasteiger partial charge < -0.3 is 0 Å². The van der Waals surface area contributed by atoms with Gasteiger partial charge in [-0.3, -0.25) is 4.79 Å². The average Bonchev–Trinajstić information content (AvgIpc) is 1.63. The molecule has 1 aliphatic rings. The second-order valence-corrected chi connectivity index (χ2v) is 2.51. The maximum absolute atomic E-state index is 10.4. The van der Waals surface area contributed by atoms with Gasteiger partial charge in [-0.15, -0.1) is 0 Å². The zero-order valence-corrected chi connectivity index (χ0v) is 4.56. The van der Waals surface area contributed by atoms with Gasteiger partial charge in [0, 0.05) is 0 Å². The average molecular weight is 98.1 g/mol. The van der Waals surface area contributed by atoms with Gasteiger partial charge in [-0.1, -0.05) is 0 Å². The number of hydrogen-bond donors (Lipinski definition) is 0. The van der Waals surface area contributed by atoms with E-state index in [0.717, 1.165) is 0 Å². The number of hydrogen-bond acceptors (Lipinski definition) is 1. The van der Waals surface area contributed by atoms with Gasteiger partial charge in [0.25, 0.3) is 0 Å². The highest BCUT2D eigenvalue weighted by molar-refractivity contribution is 5.87. The van der Waals surface area contributed by atoms with E-state index in [-0.39, 0.29) is 11.3 Å². The largest absolute Gasteiger partial charge is 0.272 e. The van der Waals surface area contributed by atoms with Gasteiger partial charge in [-0.05, 0) is 13.8 Å². The Morgan fingerprint density at radius 2 is 2.14 bits per heavy atom. The van der Waals surface area contributed by atoms with Crippen LogP contribution in [0.5, 0.6) is 0 Å². The lowest BCUT2D eigenvalue weighted by Crippen LogP contribution is -2.50. The Hall–Kier alpha value is -0.530. The quantitative estimate of drug-likeness (QED) is 0.397. The van der Waals surface area contributed by atoms with Gasteiger partial charge in [-0.25, -0.2) is 5.32 Å². The molecule has 0 saturated carbocycles. The first-order chi connectivity index (χ1) is 3.13. The SMILES string of the molecule is CC1(C)C[N]C1=O. The number of carbonyl (C=O) groups is 1. The van der Waals surface area contributed by atoms with Crippen LogP contribution in [0.15, 0.2) is 0 Å². The van der Waals surface area contributed by atoms with Crippen LogP contribution >= 0.6 is 0 Å². The molecule has 0 spiro atoms. The van der Waals surface area contributed by atoms with E-state index in [1.54, 1.807) is 0 Å². The Labute approximate surface area is 42.9 Å². The molecule has 0 aromatic carbocycles. The van der Waals surface area contributed by atoms with E-state index in [4.69, 9.17) is 0 Å².